The minimum Gasteiger partial charge on any atom is -0.476 e. The van der Waals surface area contributed by atoms with Crippen molar-refractivity contribution < 1.29 is 9.47 Å². The lowest BCUT2D eigenvalue weighted by atomic mass is 10.1. The van der Waals surface area contributed by atoms with Gasteiger partial charge < -0.3 is 15.2 Å². The van der Waals surface area contributed by atoms with Gasteiger partial charge in [-0.25, -0.2) is 0 Å². The second-order valence-electron chi connectivity index (χ2n) is 4.18. The Morgan fingerprint density at radius 1 is 1.53 bits per heavy atom. The van der Waals surface area contributed by atoms with Gasteiger partial charge in [0.25, 0.3) is 0 Å². The predicted molar refractivity (Wildman–Crippen MR) is 69.1 cm³/mol. The number of thiocarbonyl (C=S) groups is 1. The minimum absolute atomic E-state index is 0.231. The minimum atomic E-state index is -0.231. The van der Waals surface area contributed by atoms with Crippen LogP contribution in [-0.4, -0.2) is 34.5 Å². The zero-order valence-corrected chi connectivity index (χ0v) is 11.1. The van der Waals surface area contributed by atoms with E-state index >= 15 is 0 Å². The number of ether oxygens (including phenoxy) is 2. The fourth-order valence-electron chi connectivity index (χ4n) is 1.11. The van der Waals surface area contributed by atoms with E-state index in [4.69, 9.17) is 27.4 Å². The van der Waals surface area contributed by atoms with Gasteiger partial charge in [0.05, 0.1) is 24.0 Å². The number of methoxy groups -OCH3 is 1. The molecule has 0 aliphatic rings. The molecular formula is C11H17N3O2S. The van der Waals surface area contributed by atoms with Crippen molar-refractivity contribution in [1.82, 2.24) is 10.2 Å². The van der Waals surface area contributed by atoms with Crippen LogP contribution >= 0.6 is 12.2 Å². The van der Waals surface area contributed by atoms with E-state index in [9.17, 15) is 0 Å². The van der Waals surface area contributed by atoms with E-state index in [0.717, 1.165) is 6.42 Å². The molecule has 0 atom stereocenters. The van der Waals surface area contributed by atoms with Crippen molar-refractivity contribution in [2.75, 3.05) is 13.7 Å². The molecular weight excluding hydrogens is 238 g/mol. The molecule has 94 valence electrons. The lowest BCUT2D eigenvalue weighted by Gasteiger charge is -2.22. The first-order chi connectivity index (χ1) is 7.96. The molecule has 1 aromatic rings. The summed E-state index contributed by atoms with van der Waals surface area (Å²) in [6.07, 6.45) is 2.26. The maximum Gasteiger partial charge on any atom is 0.243 e. The second kappa shape index (κ2) is 5.88. The average molecular weight is 255 g/mol. The highest BCUT2D eigenvalue weighted by Crippen LogP contribution is 2.16. The number of hydrogen-bond donors (Lipinski definition) is 1. The fourth-order valence-corrected chi connectivity index (χ4v) is 1.26. The Morgan fingerprint density at radius 3 is 2.82 bits per heavy atom. The van der Waals surface area contributed by atoms with Crippen molar-refractivity contribution in [3.8, 4) is 5.88 Å². The van der Waals surface area contributed by atoms with Crippen LogP contribution in [0.25, 0.3) is 0 Å². The van der Waals surface area contributed by atoms with Gasteiger partial charge in [0.1, 0.15) is 4.99 Å². The van der Waals surface area contributed by atoms with E-state index in [0.29, 0.717) is 18.1 Å². The van der Waals surface area contributed by atoms with Crippen LogP contribution in [0.5, 0.6) is 5.88 Å². The van der Waals surface area contributed by atoms with Crippen LogP contribution in [0.15, 0.2) is 12.3 Å². The number of rotatable bonds is 6. The average Bonchev–Trinajstić information content (AvgIpc) is 2.29. The molecule has 2 N–H and O–H groups in total. The van der Waals surface area contributed by atoms with Crippen LogP contribution in [0.2, 0.25) is 0 Å². The first-order valence-corrected chi connectivity index (χ1v) is 5.66. The Morgan fingerprint density at radius 2 is 2.24 bits per heavy atom. The van der Waals surface area contributed by atoms with E-state index in [1.165, 1.54) is 6.20 Å². The molecule has 1 rings (SSSR count). The molecule has 0 aliphatic carbocycles. The summed E-state index contributed by atoms with van der Waals surface area (Å²) in [5.74, 6) is 0.368. The molecule has 0 aliphatic heterocycles. The van der Waals surface area contributed by atoms with Crippen LogP contribution in [0.1, 0.15) is 25.8 Å². The molecule has 0 radical (unpaired) electrons. The lowest BCUT2D eigenvalue weighted by Crippen LogP contribution is -2.25. The van der Waals surface area contributed by atoms with Gasteiger partial charge in [-0.1, -0.05) is 12.2 Å². The zero-order chi connectivity index (χ0) is 12.9. The molecule has 0 fully saturated rings. The number of nitrogens with two attached hydrogens (primary N) is 1. The van der Waals surface area contributed by atoms with Gasteiger partial charge in [0, 0.05) is 13.5 Å². The molecule has 0 bridgehead atoms. The summed E-state index contributed by atoms with van der Waals surface area (Å²) in [7, 11) is 1.67. The number of aromatic nitrogens is 2. The Hall–Kier alpha value is -1.27. The van der Waals surface area contributed by atoms with Crippen molar-refractivity contribution in [1.29, 1.82) is 0 Å². The van der Waals surface area contributed by atoms with Crippen LogP contribution in [0.3, 0.4) is 0 Å². The maximum absolute atomic E-state index is 5.56. The first kappa shape index (κ1) is 13.8. The van der Waals surface area contributed by atoms with E-state index in [2.05, 4.69) is 10.2 Å². The third-order valence-electron chi connectivity index (χ3n) is 2.45. The normalized spacial score (nSPS) is 11.2. The van der Waals surface area contributed by atoms with Crippen LogP contribution in [0, 0.1) is 0 Å². The Labute approximate surface area is 106 Å². The molecule has 0 saturated carbocycles. The topological polar surface area (TPSA) is 70.3 Å². The van der Waals surface area contributed by atoms with Crippen molar-refractivity contribution in [3.05, 3.63) is 17.8 Å². The van der Waals surface area contributed by atoms with Gasteiger partial charge >= 0.3 is 0 Å². The summed E-state index contributed by atoms with van der Waals surface area (Å²) in [6.45, 7) is 4.44. The van der Waals surface area contributed by atoms with Gasteiger partial charge in [0.15, 0.2) is 0 Å². The van der Waals surface area contributed by atoms with Crippen molar-refractivity contribution in [2.24, 2.45) is 5.73 Å². The van der Waals surface area contributed by atoms with E-state index in [1.54, 1.807) is 13.2 Å². The van der Waals surface area contributed by atoms with Gasteiger partial charge in [-0.3, -0.25) is 0 Å². The highest BCUT2D eigenvalue weighted by molar-refractivity contribution is 7.80. The molecule has 0 saturated heterocycles. The molecule has 6 heteroatoms. The molecule has 17 heavy (non-hydrogen) atoms. The molecule has 0 amide bonds. The molecule has 1 heterocycles. The highest BCUT2D eigenvalue weighted by atomic mass is 32.1. The summed E-state index contributed by atoms with van der Waals surface area (Å²) in [4.78, 5) is 0.251. The van der Waals surface area contributed by atoms with Crippen molar-refractivity contribution >= 4 is 17.2 Å². The third-order valence-corrected chi connectivity index (χ3v) is 2.67. The van der Waals surface area contributed by atoms with Crippen molar-refractivity contribution in [2.45, 2.75) is 25.9 Å². The predicted octanol–water partition coefficient (Wildman–Crippen LogP) is 1.30. The maximum atomic E-state index is 5.56. The Bertz CT molecular complexity index is 396. The quantitative estimate of drug-likeness (QED) is 0.773. The van der Waals surface area contributed by atoms with Crippen LogP contribution in [-0.2, 0) is 4.74 Å². The van der Waals surface area contributed by atoms with Gasteiger partial charge in [-0.2, -0.15) is 5.10 Å². The van der Waals surface area contributed by atoms with E-state index in [1.807, 2.05) is 13.8 Å². The number of nitrogens with zero attached hydrogens (tertiary/aromatic N) is 2. The van der Waals surface area contributed by atoms with Gasteiger partial charge in [-0.05, 0) is 19.9 Å². The third kappa shape index (κ3) is 4.24. The highest BCUT2D eigenvalue weighted by Gasteiger charge is 2.17. The van der Waals surface area contributed by atoms with Gasteiger partial charge in [-0.15, -0.1) is 5.10 Å². The zero-order valence-electron chi connectivity index (χ0n) is 10.3. The van der Waals surface area contributed by atoms with Gasteiger partial charge in [0.2, 0.25) is 5.88 Å². The number of hydrogen-bond acceptors (Lipinski definition) is 5. The largest absolute Gasteiger partial charge is 0.476 e. The molecule has 0 unspecified atom stereocenters. The van der Waals surface area contributed by atoms with Crippen LogP contribution in [0.4, 0.5) is 0 Å². The molecule has 0 aromatic carbocycles. The molecule has 0 spiro atoms. The lowest BCUT2D eigenvalue weighted by molar-refractivity contribution is 0.00499. The summed E-state index contributed by atoms with van der Waals surface area (Å²) < 4.78 is 10.8. The van der Waals surface area contributed by atoms with E-state index < -0.39 is 0 Å². The van der Waals surface area contributed by atoms with Crippen molar-refractivity contribution in [3.63, 3.8) is 0 Å². The SMILES string of the molecule is COC(C)(C)CCOc1nnccc1C(N)=S. The summed E-state index contributed by atoms with van der Waals surface area (Å²) in [5, 5.41) is 7.61. The van der Waals surface area contributed by atoms with E-state index in [-0.39, 0.29) is 10.6 Å². The second-order valence-corrected chi connectivity index (χ2v) is 4.62. The Kier molecular flexibility index (Phi) is 4.77. The smallest absolute Gasteiger partial charge is 0.243 e. The molecule has 1 aromatic heterocycles. The Balaban J connectivity index is 2.61. The molecule has 5 nitrogen and oxygen atoms in total. The monoisotopic (exact) mass is 255 g/mol. The van der Waals surface area contributed by atoms with Crippen LogP contribution < -0.4 is 10.5 Å². The standard InChI is InChI=1S/C11H17N3O2S/c1-11(2,15-3)5-7-16-10-8(9(12)17)4-6-13-14-10/h4,6H,5,7H2,1-3H3,(H2,12,17). The summed E-state index contributed by atoms with van der Waals surface area (Å²) in [5.41, 5.74) is 5.93. The summed E-state index contributed by atoms with van der Waals surface area (Å²) in [6, 6.07) is 1.69. The fraction of sp³-hybridized carbons (Fsp3) is 0.545. The first-order valence-electron chi connectivity index (χ1n) is 5.26. The summed E-state index contributed by atoms with van der Waals surface area (Å²) >= 11 is 4.90.